The monoisotopic (exact) mass is 471 g/mol. The fraction of sp³-hybridized carbons (Fsp3) is 0.273. The SMILES string of the molecule is N=Cc1nc(NCc2ccc(Cl)c(Cl)c2)[nH]c(=O)c1NC1CCN(c2ccncc2)CC1. The van der Waals surface area contributed by atoms with Crippen molar-refractivity contribution in [2.75, 3.05) is 28.6 Å². The van der Waals surface area contributed by atoms with Gasteiger partial charge in [0.25, 0.3) is 5.56 Å². The van der Waals surface area contributed by atoms with Crippen LogP contribution in [-0.4, -0.2) is 40.3 Å². The molecule has 4 rings (SSSR count). The highest BCUT2D eigenvalue weighted by atomic mass is 35.5. The van der Waals surface area contributed by atoms with Crippen molar-refractivity contribution in [3.63, 3.8) is 0 Å². The third-order valence-corrected chi connectivity index (χ3v) is 6.14. The van der Waals surface area contributed by atoms with Gasteiger partial charge in [-0.05, 0) is 42.7 Å². The number of aromatic nitrogens is 3. The summed E-state index contributed by atoms with van der Waals surface area (Å²) >= 11 is 12.0. The molecule has 2 aromatic heterocycles. The van der Waals surface area contributed by atoms with Gasteiger partial charge < -0.3 is 20.9 Å². The molecule has 1 fully saturated rings. The molecule has 0 radical (unpaired) electrons. The number of H-pyrrole nitrogens is 1. The van der Waals surface area contributed by atoms with Crippen LogP contribution in [0.15, 0.2) is 47.5 Å². The van der Waals surface area contributed by atoms with E-state index >= 15 is 0 Å². The van der Waals surface area contributed by atoms with Crippen LogP contribution in [-0.2, 0) is 6.54 Å². The Labute approximate surface area is 195 Å². The molecular formula is C22H23Cl2N7O. The van der Waals surface area contributed by atoms with Gasteiger partial charge in [-0.1, -0.05) is 29.3 Å². The highest BCUT2D eigenvalue weighted by Gasteiger charge is 2.21. The first-order chi connectivity index (χ1) is 15.5. The zero-order valence-electron chi connectivity index (χ0n) is 17.2. The van der Waals surface area contributed by atoms with Crippen LogP contribution < -0.4 is 21.1 Å². The van der Waals surface area contributed by atoms with Gasteiger partial charge in [-0.3, -0.25) is 14.8 Å². The molecule has 0 amide bonds. The molecule has 1 saturated heterocycles. The molecule has 8 nitrogen and oxygen atoms in total. The van der Waals surface area contributed by atoms with Gasteiger partial charge >= 0.3 is 0 Å². The van der Waals surface area contributed by atoms with Gasteiger partial charge in [0.1, 0.15) is 11.4 Å². The quantitative estimate of drug-likeness (QED) is 0.385. The first kappa shape index (κ1) is 22.1. The summed E-state index contributed by atoms with van der Waals surface area (Å²) in [6.07, 6.45) is 6.41. The van der Waals surface area contributed by atoms with Crippen LogP contribution in [0.5, 0.6) is 0 Å². The number of rotatable bonds is 7. The summed E-state index contributed by atoms with van der Waals surface area (Å²) in [4.78, 5) is 26.2. The van der Waals surface area contributed by atoms with E-state index in [0.29, 0.717) is 28.0 Å². The number of nitrogens with zero attached hydrogens (tertiary/aromatic N) is 3. The second kappa shape index (κ2) is 10.0. The first-order valence-corrected chi connectivity index (χ1v) is 11.0. The fourth-order valence-corrected chi connectivity index (χ4v) is 4.02. The van der Waals surface area contributed by atoms with Crippen molar-refractivity contribution in [3.8, 4) is 0 Å². The highest BCUT2D eigenvalue weighted by molar-refractivity contribution is 6.42. The lowest BCUT2D eigenvalue weighted by Crippen LogP contribution is -2.40. The summed E-state index contributed by atoms with van der Waals surface area (Å²) < 4.78 is 0. The van der Waals surface area contributed by atoms with Crippen molar-refractivity contribution < 1.29 is 0 Å². The Hall–Kier alpha value is -3.10. The van der Waals surface area contributed by atoms with Gasteiger partial charge in [-0.2, -0.15) is 0 Å². The fourth-order valence-electron chi connectivity index (χ4n) is 3.69. The molecule has 4 N–H and O–H groups in total. The van der Waals surface area contributed by atoms with Crippen LogP contribution in [0.25, 0.3) is 0 Å². The van der Waals surface area contributed by atoms with Crippen molar-refractivity contribution in [1.82, 2.24) is 15.0 Å². The zero-order valence-corrected chi connectivity index (χ0v) is 18.7. The zero-order chi connectivity index (χ0) is 22.5. The third kappa shape index (κ3) is 5.20. The Kier molecular flexibility index (Phi) is 6.92. The van der Waals surface area contributed by atoms with Crippen LogP contribution in [0.3, 0.4) is 0 Å². The lowest BCUT2D eigenvalue weighted by Gasteiger charge is -2.34. The molecule has 0 unspecified atom stereocenters. The van der Waals surface area contributed by atoms with Crippen molar-refractivity contribution in [2.45, 2.75) is 25.4 Å². The Morgan fingerprint density at radius 3 is 2.59 bits per heavy atom. The molecule has 1 aliphatic rings. The number of anilines is 3. The molecule has 3 heterocycles. The largest absolute Gasteiger partial charge is 0.376 e. The summed E-state index contributed by atoms with van der Waals surface area (Å²) in [5, 5.41) is 15.0. The van der Waals surface area contributed by atoms with Crippen LogP contribution in [0.4, 0.5) is 17.3 Å². The lowest BCUT2D eigenvalue weighted by molar-refractivity contribution is 0.526. The molecule has 3 aromatic rings. The number of hydrogen-bond donors (Lipinski definition) is 4. The highest BCUT2D eigenvalue weighted by Crippen LogP contribution is 2.23. The van der Waals surface area contributed by atoms with Crippen molar-refractivity contribution in [2.24, 2.45) is 0 Å². The van der Waals surface area contributed by atoms with Gasteiger partial charge in [0.2, 0.25) is 5.95 Å². The molecule has 1 aliphatic heterocycles. The van der Waals surface area contributed by atoms with E-state index in [9.17, 15) is 4.79 Å². The molecule has 0 atom stereocenters. The molecule has 1 aromatic carbocycles. The van der Waals surface area contributed by atoms with Crippen LogP contribution in [0.1, 0.15) is 24.1 Å². The van der Waals surface area contributed by atoms with Crippen LogP contribution in [0, 0.1) is 5.41 Å². The van der Waals surface area contributed by atoms with E-state index in [1.807, 2.05) is 18.2 Å². The van der Waals surface area contributed by atoms with Gasteiger partial charge in [0.05, 0.1) is 10.0 Å². The normalized spacial score (nSPS) is 14.2. The van der Waals surface area contributed by atoms with Crippen LogP contribution in [0.2, 0.25) is 10.0 Å². The van der Waals surface area contributed by atoms with Crippen LogP contribution >= 0.6 is 23.2 Å². The minimum atomic E-state index is -0.313. The molecule has 0 saturated carbocycles. The average molecular weight is 472 g/mol. The Bertz CT molecular complexity index is 1140. The Morgan fingerprint density at radius 1 is 1.16 bits per heavy atom. The predicted octanol–water partition coefficient (Wildman–Crippen LogP) is 4.16. The number of benzene rings is 1. The number of halogens is 2. The summed E-state index contributed by atoms with van der Waals surface area (Å²) in [7, 11) is 0. The molecule has 0 bridgehead atoms. The number of hydrogen-bond acceptors (Lipinski definition) is 7. The Balaban J connectivity index is 1.40. The minimum Gasteiger partial charge on any atom is -0.376 e. The number of pyridine rings is 1. The van der Waals surface area contributed by atoms with Gasteiger partial charge in [0, 0.05) is 50.0 Å². The van der Waals surface area contributed by atoms with Gasteiger partial charge in [0.15, 0.2) is 0 Å². The topological polar surface area (TPSA) is 110 Å². The number of aromatic amines is 1. The minimum absolute atomic E-state index is 0.129. The van der Waals surface area contributed by atoms with E-state index in [1.165, 1.54) is 0 Å². The van der Waals surface area contributed by atoms with E-state index in [1.54, 1.807) is 24.5 Å². The van der Waals surface area contributed by atoms with E-state index in [2.05, 4.69) is 30.5 Å². The van der Waals surface area contributed by atoms with E-state index in [4.69, 9.17) is 28.6 Å². The molecule has 32 heavy (non-hydrogen) atoms. The molecular weight excluding hydrogens is 449 g/mol. The van der Waals surface area contributed by atoms with Gasteiger partial charge in [-0.15, -0.1) is 0 Å². The maximum Gasteiger partial charge on any atom is 0.276 e. The third-order valence-electron chi connectivity index (χ3n) is 5.40. The van der Waals surface area contributed by atoms with Gasteiger partial charge in [-0.25, -0.2) is 4.98 Å². The van der Waals surface area contributed by atoms with Crippen molar-refractivity contribution in [3.05, 3.63) is 74.4 Å². The van der Waals surface area contributed by atoms with E-state index < -0.39 is 0 Å². The maximum absolute atomic E-state index is 12.7. The smallest absolute Gasteiger partial charge is 0.276 e. The molecule has 0 spiro atoms. The summed E-state index contributed by atoms with van der Waals surface area (Å²) in [5.74, 6) is 0.289. The maximum atomic E-state index is 12.7. The molecule has 10 heteroatoms. The number of nitrogens with one attached hydrogen (secondary N) is 4. The van der Waals surface area contributed by atoms with E-state index in [-0.39, 0.29) is 17.5 Å². The average Bonchev–Trinajstić information content (AvgIpc) is 2.82. The van der Waals surface area contributed by atoms with E-state index in [0.717, 1.165) is 43.4 Å². The van der Waals surface area contributed by atoms with Crippen molar-refractivity contribution >= 4 is 46.7 Å². The lowest BCUT2D eigenvalue weighted by atomic mass is 10.0. The summed E-state index contributed by atoms with van der Waals surface area (Å²) in [6.45, 7) is 2.14. The second-order valence-electron chi connectivity index (χ2n) is 7.53. The summed E-state index contributed by atoms with van der Waals surface area (Å²) in [6, 6.07) is 9.43. The number of piperidine rings is 1. The molecule has 0 aliphatic carbocycles. The summed E-state index contributed by atoms with van der Waals surface area (Å²) in [5.41, 5.74) is 2.34. The first-order valence-electron chi connectivity index (χ1n) is 10.3. The predicted molar refractivity (Wildman–Crippen MR) is 130 cm³/mol. The molecule has 166 valence electrons. The Morgan fingerprint density at radius 2 is 1.91 bits per heavy atom. The van der Waals surface area contributed by atoms with Crippen molar-refractivity contribution in [1.29, 1.82) is 5.41 Å². The standard InChI is InChI=1S/C22H23Cl2N7O/c23-17-2-1-14(11-18(17)24)13-27-22-29-19(12-25)20(21(32)30-22)28-15-5-9-31(10-6-15)16-3-7-26-8-4-16/h1-4,7-8,11-12,15,25,28H,5-6,9-10,13H2,(H2,27,29,30,32). The second-order valence-corrected chi connectivity index (χ2v) is 8.35.